The number of ether oxygens (including phenoxy) is 1. The van der Waals surface area contributed by atoms with E-state index in [1.165, 1.54) is 12.1 Å². The Morgan fingerprint density at radius 3 is 2.78 bits per heavy atom. The average Bonchev–Trinajstić information content (AvgIpc) is 3.54. The van der Waals surface area contributed by atoms with Crippen LogP contribution < -0.4 is 10.5 Å². The lowest BCUT2D eigenvalue weighted by Gasteiger charge is -2.17. The molecule has 2 aliphatic rings. The SMILES string of the molecule is [C-]#[N+]c1c(OC2CC2)ccc(F)c1-c1c(-c2ccc3c(c2)C(CN)=NCC3=O)cnn1C. The van der Waals surface area contributed by atoms with Crippen LogP contribution in [0.5, 0.6) is 5.75 Å². The summed E-state index contributed by atoms with van der Waals surface area (Å²) in [5.41, 5.74) is 9.84. The lowest BCUT2D eigenvalue weighted by atomic mass is 9.91. The second kappa shape index (κ2) is 7.70. The Labute approximate surface area is 184 Å². The van der Waals surface area contributed by atoms with Crippen molar-refractivity contribution in [3.05, 3.63) is 64.9 Å². The first-order chi connectivity index (χ1) is 15.5. The maximum absolute atomic E-state index is 15.1. The van der Waals surface area contributed by atoms with Crippen molar-refractivity contribution < 1.29 is 13.9 Å². The van der Waals surface area contributed by atoms with Crippen LogP contribution in [-0.2, 0) is 7.05 Å². The van der Waals surface area contributed by atoms with Gasteiger partial charge in [-0.25, -0.2) is 9.24 Å². The molecule has 32 heavy (non-hydrogen) atoms. The molecule has 1 saturated carbocycles. The third kappa shape index (κ3) is 3.27. The zero-order chi connectivity index (χ0) is 22.4. The number of benzene rings is 2. The van der Waals surface area contributed by atoms with Gasteiger partial charge in [-0.3, -0.25) is 14.5 Å². The lowest BCUT2D eigenvalue weighted by molar-refractivity contribution is 0.1000. The smallest absolute Gasteiger partial charge is 0.240 e. The molecular formula is C24H20FN5O2. The molecule has 0 atom stereocenters. The maximum atomic E-state index is 15.1. The van der Waals surface area contributed by atoms with Crippen molar-refractivity contribution in [2.24, 2.45) is 17.8 Å². The zero-order valence-electron chi connectivity index (χ0n) is 17.4. The molecule has 1 aliphatic heterocycles. The maximum Gasteiger partial charge on any atom is 0.240 e. The van der Waals surface area contributed by atoms with E-state index in [0.717, 1.165) is 18.4 Å². The van der Waals surface area contributed by atoms with Crippen molar-refractivity contribution in [2.75, 3.05) is 13.1 Å². The van der Waals surface area contributed by atoms with Gasteiger partial charge in [0, 0.05) is 35.8 Å². The Bertz CT molecular complexity index is 1330. The number of ketones is 1. The van der Waals surface area contributed by atoms with E-state index in [4.69, 9.17) is 17.0 Å². The monoisotopic (exact) mass is 429 g/mol. The van der Waals surface area contributed by atoms with Gasteiger partial charge in [0.05, 0.1) is 30.3 Å². The van der Waals surface area contributed by atoms with E-state index in [9.17, 15) is 4.79 Å². The number of nitrogens with two attached hydrogens (primary N) is 1. The number of aromatic nitrogens is 2. The predicted molar refractivity (Wildman–Crippen MR) is 119 cm³/mol. The number of carbonyl (C=O) groups is 1. The van der Waals surface area contributed by atoms with Crippen LogP contribution in [0.15, 0.2) is 41.5 Å². The topological polar surface area (TPSA) is 86.9 Å². The molecule has 0 saturated heterocycles. The van der Waals surface area contributed by atoms with E-state index in [1.54, 1.807) is 30.1 Å². The highest BCUT2D eigenvalue weighted by molar-refractivity contribution is 6.16. The third-order valence-corrected chi connectivity index (χ3v) is 5.74. The highest BCUT2D eigenvalue weighted by Gasteiger charge is 2.29. The van der Waals surface area contributed by atoms with Crippen LogP contribution in [0.2, 0.25) is 0 Å². The number of rotatable bonds is 5. The molecule has 1 fully saturated rings. The summed E-state index contributed by atoms with van der Waals surface area (Å²) in [5.74, 6) is -0.220. The number of nitrogens with zero attached hydrogens (tertiary/aromatic N) is 4. The average molecular weight is 429 g/mol. The molecule has 5 rings (SSSR count). The van der Waals surface area contributed by atoms with Gasteiger partial charge in [0.15, 0.2) is 5.78 Å². The second-order valence-corrected chi connectivity index (χ2v) is 7.88. The molecule has 0 radical (unpaired) electrons. The number of Topliss-reactive ketones (excluding diaryl/α,β-unsaturated/α-hetero) is 1. The molecule has 0 bridgehead atoms. The number of hydrogen-bond acceptors (Lipinski definition) is 5. The first-order valence-corrected chi connectivity index (χ1v) is 10.3. The Balaban J connectivity index is 1.69. The van der Waals surface area contributed by atoms with E-state index in [-0.39, 0.29) is 36.2 Å². The van der Waals surface area contributed by atoms with Crippen molar-refractivity contribution >= 4 is 17.2 Å². The first kappa shape index (κ1) is 20.1. The number of hydrogen-bond donors (Lipinski definition) is 1. The zero-order valence-corrected chi connectivity index (χ0v) is 17.4. The molecule has 2 N–H and O–H groups in total. The van der Waals surface area contributed by atoms with Crippen LogP contribution in [0.1, 0.15) is 28.8 Å². The molecule has 0 amide bonds. The fourth-order valence-electron chi connectivity index (χ4n) is 4.00. The van der Waals surface area contributed by atoms with Gasteiger partial charge in [-0.2, -0.15) is 5.10 Å². The highest BCUT2D eigenvalue weighted by Crippen LogP contribution is 2.45. The van der Waals surface area contributed by atoms with Crippen LogP contribution in [0.3, 0.4) is 0 Å². The summed E-state index contributed by atoms with van der Waals surface area (Å²) in [6.07, 6.45) is 3.56. The molecular weight excluding hydrogens is 409 g/mol. The van der Waals surface area contributed by atoms with Gasteiger partial charge in [0.1, 0.15) is 18.1 Å². The summed E-state index contributed by atoms with van der Waals surface area (Å²) in [4.78, 5) is 20.2. The third-order valence-electron chi connectivity index (χ3n) is 5.74. The van der Waals surface area contributed by atoms with Crippen LogP contribution in [0, 0.1) is 12.4 Å². The van der Waals surface area contributed by atoms with Crippen molar-refractivity contribution in [1.82, 2.24) is 9.78 Å². The van der Waals surface area contributed by atoms with Crippen LogP contribution in [0.4, 0.5) is 10.1 Å². The minimum Gasteiger partial charge on any atom is -0.501 e. The molecule has 7 nitrogen and oxygen atoms in total. The summed E-state index contributed by atoms with van der Waals surface area (Å²) < 4.78 is 22.5. The van der Waals surface area contributed by atoms with Crippen molar-refractivity contribution in [2.45, 2.75) is 18.9 Å². The first-order valence-electron chi connectivity index (χ1n) is 10.3. The Kier molecular flexibility index (Phi) is 4.83. The minimum atomic E-state index is -0.527. The summed E-state index contributed by atoms with van der Waals surface area (Å²) in [5, 5.41) is 4.34. The summed E-state index contributed by atoms with van der Waals surface area (Å²) >= 11 is 0. The molecule has 0 spiro atoms. The normalized spacial score (nSPS) is 15.2. The van der Waals surface area contributed by atoms with Gasteiger partial charge in [-0.05, 0) is 36.6 Å². The van der Waals surface area contributed by atoms with E-state index in [2.05, 4.69) is 14.9 Å². The fourth-order valence-corrected chi connectivity index (χ4v) is 4.00. The molecule has 2 aromatic carbocycles. The van der Waals surface area contributed by atoms with Crippen LogP contribution in [0.25, 0.3) is 27.2 Å². The second-order valence-electron chi connectivity index (χ2n) is 7.88. The van der Waals surface area contributed by atoms with E-state index in [1.807, 2.05) is 6.07 Å². The van der Waals surface area contributed by atoms with Gasteiger partial charge in [0.25, 0.3) is 0 Å². The lowest BCUT2D eigenvalue weighted by Crippen LogP contribution is -2.24. The minimum absolute atomic E-state index is 0.0681. The van der Waals surface area contributed by atoms with E-state index < -0.39 is 5.82 Å². The largest absolute Gasteiger partial charge is 0.501 e. The summed E-state index contributed by atoms with van der Waals surface area (Å²) in [7, 11) is 1.70. The number of aliphatic imine (C=N–C) groups is 1. The number of halogens is 1. The molecule has 1 aliphatic carbocycles. The van der Waals surface area contributed by atoms with E-state index in [0.29, 0.717) is 33.8 Å². The van der Waals surface area contributed by atoms with Crippen LogP contribution >= 0.6 is 0 Å². The number of fused-ring (bicyclic) bond motifs is 1. The summed E-state index contributed by atoms with van der Waals surface area (Å²) in [6.45, 7) is 8.01. The van der Waals surface area contributed by atoms with E-state index >= 15 is 4.39 Å². The fraction of sp³-hybridized carbons (Fsp3) is 0.250. The Morgan fingerprint density at radius 2 is 2.06 bits per heavy atom. The van der Waals surface area contributed by atoms with Gasteiger partial charge in [-0.15, -0.1) is 0 Å². The van der Waals surface area contributed by atoms with Crippen molar-refractivity contribution in [1.29, 1.82) is 0 Å². The molecule has 160 valence electrons. The van der Waals surface area contributed by atoms with Crippen molar-refractivity contribution in [3.63, 3.8) is 0 Å². The predicted octanol–water partition coefficient (Wildman–Crippen LogP) is 3.93. The molecule has 1 aromatic heterocycles. The number of aryl methyl sites for hydroxylation is 1. The Morgan fingerprint density at radius 1 is 1.25 bits per heavy atom. The standard InChI is InChI=1S/C24H20FN5O2/c1-27-23-21(32-14-4-5-14)8-7-18(25)22(23)24-17(11-29-30(24)2)13-3-6-15-16(9-13)19(10-26)28-12-20(15)31/h3,6-9,11,14H,4-5,10,12,26H2,2H3. The highest BCUT2D eigenvalue weighted by atomic mass is 19.1. The quantitative estimate of drug-likeness (QED) is 0.623. The van der Waals surface area contributed by atoms with Gasteiger partial charge in [0.2, 0.25) is 5.69 Å². The molecule has 2 heterocycles. The molecule has 0 unspecified atom stereocenters. The number of carbonyl (C=O) groups excluding carboxylic acids is 1. The Hall–Kier alpha value is -3.83. The van der Waals surface area contributed by atoms with Gasteiger partial charge >= 0.3 is 0 Å². The van der Waals surface area contributed by atoms with Crippen LogP contribution in [-0.4, -0.2) is 40.5 Å². The molecule has 3 aromatic rings. The molecule has 8 heteroatoms. The summed E-state index contributed by atoms with van der Waals surface area (Å²) in [6, 6.07) is 8.21. The van der Waals surface area contributed by atoms with Crippen molar-refractivity contribution in [3.8, 4) is 28.1 Å². The van der Waals surface area contributed by atoms with Gasteiger partial charge in [-0.1, -0.05) is 12.1 Å². The van der Waals surface area contributed by atoms with Gasteiger partial charge < -0.3 is 10.5 Å².